The van der Waals surface area contributed by atoms with Crippen molar-refractivity contribution in [1.29, 1.82) is 0 Å². The number of nitrogens with zero attached hydrogens (tertiary/aromatic N) is 5. The summed E-state index contributed by atoms with van der Waals surface area (Å²) in [4.78, 5) is 55.6. The molecule has 1 fully saturated rings. The predicted molar refractivity (Wildman–Crippen MR) is 138 cm³/mol. The molecule has 1 aromatic rings. The number of amides is 2. The Labute approximate surface area is 218 Å². The molecule has 0 spiro atoms. The first kappa shape index (κ1) is 24.4. The van der Waals surface area contributed by atoms with Gasteiger partial charge >= 0.3 is 5.97 Å². The number of carboxylic acids is 1. The first-order chi connectivity index (χ1) is 17.3. The summed E-state index contributed by atoms with van der Waals surface area (Å²) in [5.74, 6) is -1.97. The van der Waals surface area contributed by atoms with Gasteiger partial charge in [-0.25, -0.2) is 9.78 Å². The van der Waals surface area contributed by atoms with Crippen LogP contribution in [0.1, 0.15) is 12.6 Å². The van der Waals surface area contributed by atoms with E-state index in [1.165, 1.54) is 23.8 Å². The number of carboxylic acid groups (broad SMARTS) is 1. The lowest BCUT2D eigenvalue weighted by atomic mass is 10.0. The van der Waals surface area contributed by atoms with Gasteiger partial charge in [0.25, 0.3) is 11.8 Å². The number of hydrogen-bond acceptors (Lipinski definition) is 12. The maximum atomic E-state index is 13.0. The number of thioether (sulfide) groups is 2. The van der Waals surface area contributed by atoms with E-state index < -0.39 is 29.2 Å². The van der Waals surface area contributed by atoms with Crippen molar-refractivity contribution in [1.82, 2.24) is 20.1 Å². The first-order valence-electron chi connectivity index (χ1n) is 10.7. The van der Waals surface area contributed by atoms with Gasteiger partial charge in [-0.05, 0) is 18.6 Å². The molecule has 5 heterocycles. The van der Waals surface area contributed by atoms with E-state index in [0.717, 1.165) is 22.0 Å². The molecule has 36 heavy (non-hydrogen) atoms. The molecule has 4 aliphatic heterocycles. The fraction of sp³-hybridized carbons (Fsp3) is 0.333. The lowest BCUT2D eigenvalue weighted by Crippen LogP contribution is -2.71. The van der Waals surface area contributed by atoms with Gasteiger partial charge in [0.15, 0.2) is 10.8 Å². The van der Waals surface area contributed by atoms with Crippen molar-refractivity contribution in [2.45, 2.75) is 23.7 Å². The summed E-state index contributed by atoms with van der Waals surface area (Å²) in [6.07, 6.45) is 5.70. The molecule has 1 saturated heterocycles. The SMILES string of the molecule is CO/N=C(\C(=O)NC1C(=O)N2C(C(=O)O)=C(CN3C=CC4=NC(C)SC4=C3)CS[C@H]12)c1csc(N)n1. The van der Waals surface area contributed by atoms with Gasteiger partial charge in [-0.3, -0.25) is 19.5 Å². The number of anilines is 1. The Kier molecular flexibility index (Phi) is 6.53. The summed E-state index contributed by atoms with van der Waals surface area (Å²) in [6, 6.07) is -0.913. The van der Waals surface area contributed by atoms with E-state index >= 15 is 0 Å². The topological polar surface area (TPSA) is 163 Å². The van der Waals surface area contributed by atoms with Crippen LogP contribution in [0.15, 0.2) is 50.2 Å². The second-order valence-corrected chi connectivity index (χ2v) is 11.4. The highest BCUT2D eigenvalue weighted by Gasteiger charge is 2.54. The third-order valence-corrected chi connectivity index (χ3v) is 8.68. The average molecular weight is 548 g/mol. The number of aliphatic carboxylic acids is 1. The highest BCUT2D eigenvalue weighted by molar-refractivity contribution is 8.05. The van der Waals surface area contributed by atoms with Gasteiger partial charge in [-0.15, -0.1) is 23.1 Å². The molecule has 0 aliphatic carbocycles. The molecule has 4 N–H and O–H groups in total. The Bertz CT molecular complexity index is 1300. The zero-order valence-electron chi connectivity index (χ0n) is 19.1. The number of nitrogens with two attached hydrogens (primary N) is 1. The van der Waals surface area contributed by atoms with Crippen molar-refractivity contribution >= 4 is 69.2 Å². The van der Waals surface area contributed by atoms with E-state index in [-0.39, 0.29) is 27.6 Å². The third kappa shape index (κ3) is 4.37. The largest absolute Gasteiger partial charge is 0.477 e. The second-order valence-electron chi connectivity index (χ2n) is 8.02. The minimum Gasteiger partial charge on any atom is -0.477 e. The molecular weight excluding hydrogens is 526 g/mol. The van der Waals surface area contributed by atoms with Crippen LogP contribution in [0.4, 0.5) is 5.13 Å². The predicted octanol–water partition coefficient (Wildman–Crippen LogP) is 1.02. The number of nitrogens with one attached hydrogen (secondary N) is 1. The molecule has 0 bridgehead atoms. The maximum absolute atomic E-state index is 13.0. The van der Waals surface area contributed by atoms with E-state index in [9.17, 15) is 19.5 Å². The molecule has 4 aliphatic rings. The number of β-lactam (4-membered cyclic amide) rings is 1. The lowest BCUT2D eigenvalue weighted by molar-refractivity contribution is -0.150. The van der Waals surface area contributed by atoms with Gasteiger partial charge < -0.3 is 25.9 Å². The van der Waals surface area contributed by atoms with Gasteiger partial charge in [0, 0.05) is 30.1 Å². The summed E-state index contributed by atoms with van der Waals surface area (Å²) >= 11 is 4.17. The highest BCUT2D eigenvalue weighted by atomic mass is 32.2. The van der Waals surface area contributed by atoms with E-state index in [4.69, 9.17) is 10.6 Å². The Morgan fingerprint density at radius 2 is 2.22 bits per heavy atom. The molecule has 12 nitrogen and oxygen atoms in total. The number of carbonyl (C=O) groups is 3. The molecule has 3 atom stereocenters. The van der Waals surface area contributed by atoms with E-state index in [1.807, 2.05) is 30.3 Å². The number of nitrogen functional groups attached to an aromatic ring is 1. The van der Waals surface area contributed by atoms with E-state index in [1.54, 1.807) is 17.1 Å². The van der Waals surface area contributed by atoms with Crippen molar-refractivity contribution in [2.24, 2.45) is 10.1 Å². The monoisotopic (exact) mass is 547 g/mol. The number of carbonyl (C=O) groups excluding carboxylic acids is 2. The molecule has 0 aromatic carbocycles. The van der Waals surface area contributed by atoms with Crippen LogP contribution >= 0.6 is 34.9 Å². The quantitative estimate of drug-likeness (QED) is 0.255. The number of aromatic nitrogens is 1. The van der Waals surface area contributed by atoms with Crippen LogP contribution in [-0.4, -0.2) is 85.3 Å². The molecule has 15 heteroatoms. The van der Waals surface area contributed by atoms with Crippen molar-refractivity contribution in [3.05, 3.63) is 45.7 Å². The zero-order valence-corrected chi connectivity index (χ0v) is 21.5. The summed E-state index contributed by atoms with van der Waals surface area (Å²) < 4.78 is 0. The molecular formula is C21H21N7O5S3. The fourth-order valence-electron chi connectivity index (χ4n) is 4.14. The third-order valence-electron chi connectivity index (χ3n) is 5.65. The van der Waals surface area contributed by atoms with Crippen molar-refractivity contribution in [3.63, 3.8) is 0 Å². The molecule has 2 amide bonds. The second kappa shape index (κ2) is 9.63. The first-order valence-corrected chi connectivity index (χ1v) is 13.5. The van der Waals surface area contributed by atoms with E-state index in [2.05, 4.69) is 20.4 Å². The number of allylic oxidation sites excluding steroid dienone is 2. The van der Waals surface area contributed by atoms with Gasteiger partial charge in [0.1, 0.15) is 29.9 Å². The van der Waals surface area contributed by atoms with Crippen LogP contribution in [0, 0.1) is 0 Å². The van der Waals surface area contributed by atoms with Gasteiger partial charge in [0.2, 0.25) is 0 Å². The smallest absolute Gasteiger partial charge is 0.352 e. The minimum absolute atomic E-state index is 0.0500. The van der Waals surface area contributed by atoms with Crippen molar-refractivity contribution < 1.29 is 24.3 Å². The molecule has 1 aromatic heterocycles. The van der Waals surface area contributed by atoms with Crippen LogP contribution < -0.4 is 11.1 Å². The summed E-state index contributed by atoms with van der Waals surface area (Å²) in [6.45, 7) is 2.33. The Balaban J connectivity index is 1.32. The number of rotatable bonds is 7. The van der Waals surface area contributed by atoms with Gasteiger partial charge in [0.05, 0.1) is 16.0 Å². The number of hydrogen-bond donors (Lipinski definition) is 3. The summed E-state index contributed by atoms with van der Waals surface area (Å²) in [5, 5.41) is 17.7. The normalized spacial score (nSPS) is 25.1. The molecule has 2 unspecified atom stereocenters. The zero-order chi connectivity index (χ0) is 25.6. The fourth-order valence-corrected chi connectivity index (χ4v) is 6.99. The number of thiazole rings is 1. The van der Waals surface area contributed by atoms with Crippen LogP contribution in [0.3, 0.4) is 0 Å². The highest BCUT2D eigenvalue weighted by Crippen LogP contribution is 2.41. The van der Waals surface area contributed by atoms with Crippen LogP contribution in [0.5, 0.6) is 0 Å². The number of aliphatic imine (C=N–C) groups is 1. The van der Waals surface area contributed by atoms with Crippen LogP contribution in [0.2, 0.25) is 0 Å². The van der Waals surface area contributed by atoms with Gasteiger partial charge in [-0.1, -0.05) is 16.9 Å². The average Bonchev–Trinajstić information content (AvgIpc) is 3.44. The minimum atomic E-state index is -1.19. The molecule has 0 saturated carbocycles. The van der Waals surface area contributed by atoms with Crippen LogP contribution in [0.25, 0.3) is 0 Å². The molecule has 188 valence electrons. The lowest BCUT2D eigenvalue weighted by Gasteiger charge is -2.49. The Hall–Kier alpha value is -3.30. The van der Waals surface area contributed by atoms with Crippen LogP contribution in [-0.2, 0) is 19.2 Å². The summed E-state index contributed by atoms with van der Waals surface area (Å²) in [7, 11) is 1.29. The Morgan fingerprint density at radius 3 is 2.92 bits per heavy atom. The van der Waals surface area contributed by atoms with Gasteiger partial charge in [-0.2, -0.15) is 0 Å². The van der Waals surface area contributed by atoms with Crippen molar-refractivity contribution in [3.8, 4) is 0 Å². The maximum Gasteiger partial charge on any atom is 0.352 e. The van der Waals surface area contributed by atoms with E-state index in [0.29, 0.717) is 17.9 Å². The number of oxime groups is 1. The van der Waals surface area contributed by atoms with Crippen molar-refractivity contribution in [2.75, 3.05) is 25.1 Å². The molecule has 5 rings (SSSR count). The summed E-state index contributed by atoms with van der Waals surface area (Å²) in [5.41, 5.74) is 7.23. The molecule has 0 radical (unpaired) electrons. The number of fused-ring (bicyclic) bond motifs is 2. The standard InChI is InChI=1S/C21H21N7O5S3/c1-9-23-11-3-4-27(6-13(11)36-9)5-10-7-34-19-15(18(30)28(19)16(10)20(31)32)25-17(29)14(26-33-2)12-8-35-21(22)24-12/h3-4,6,8-9,15,19H,5,7H2,1-2H3,(H2,22,24)(H,25,29)(H,31,32)/b26-14-/t9?,15?,19-/m1/s1. The Morgan fingerprint density at radius 1 is 1.42 bits per heavy atom.